The highest BCUT2D eigenvalue weighted by atomic mass is 35.5. The molecule has 2 N–H and O–H groups in total. The van der Waals surface area contributed by atoms with Gasteiger partial charge in [0, 0.05) is 6.54 Å². The van der Waals surface area contributed by atoms with E-state index < -0.39 is 22.6 Å². The normalized spacial score (nSPS) is 18.5. The fourth-order valence-corrected chi connectivity index (χ4v) is 2.22. The van der Waals surface area contributed by atoms with Crippen LogP contribution in [0, 0.1) is 10.1 Å². The lowest BCUT2D eigenvalue weighted by atomic mass is 10.1. The lowest BCUT2D eigenvalue weighted by Gasteiger charge is -2.15. The van der Waals surface area contributed by atoms with Gasteiger partial charge >= 0.3 is 0 Å². The summed E-state index contributed by atoms with van der Waals surface area (Å²) in [5.74, 6) is -1.00. The Hall–Kier alpha value is -2.22. The molecule has 1 atom stereocenters. The van der Waals surface area contributed by atoms with Crippen molar-refractivity contribution in [2.24, 2.45) is 0 Å². The molecule has 1 aliphatic heterocycles. The first-order chi connectivity index (χ1) is 9.99. The highest BCUT2D eigenvalue weighted by Crippen LogP contribution is 2.20. The van der Waals surface area contributed by atoms with Crippen LogP contribution in [0.25, 0.3) is 0 Å². The Morgan fingerprint density at radius 3 is 3.00 bits per heavy atom. The van der Waals surface area contributed by atoms with Crippen molar-refractivity contribution in [3.05, 3.63) is 33.1 Å². The lowest BCUT2D eigenvalue weighted by Crippen LogP contribution is -2.45. The van der Waals surface area contributed by atoms with Crippen LogP contribution in [0.5, 0.6) is 0 Å². The summed E-state index contributed by atoms with van der Waals surface area (Å²) in [5, 5.41) is 16.1. The quantitative estimate of drug-likeness (QED) is 0.491. The first kappa shape index (κ1) is 15.2. The maximum atomic E-state index is 12.2. The van der Waals surface area contributed by atoms with Crippen LogP contribution in [0.3, 0.4) is 0 Å². The molecule has 1 aromatic rings. The summed E-state index contributed by atoms with van der Waals surface area (Å²) in [6.45, 7) is 0.562. The summed E-state index contributed by atoms with van der Waals surface area (Å²) in [6, 6.07) is 0.412. The summed E-state index contributed by atoms with van der Waals surface area (Å²) < 4.78 is 0. The van der Waals surface area contributed by atoms with Crippen LogP contribution in [-0.4, -0.2) is 34.3 Å². The van der Waals surface area contributed by atoms with Gasteiger partial charge in [0.25, 0.3) is 11.6 Å². The molecule has 21 heavy (non-hydrogen) atoms. The fourth-order valence-electron chi connectivity index (χ4n) is 2.06. The van der Waals surface area contributed by atoms with Crippen molar-refractivity contribution in [1.29, 1.82) is 0 Å². The second-order valence-corrected chi connectivity index (χ2v) is 4.98. The van der Waals surface area contributed by atoms with Crippen LogP contribution in [0.15, 0.2) is 12.3 Å². The molecular formula is C12H13ClN4O4. The van der Waals surface area contributed by atoms with E-state index >= 15 is 0 Å². The maximum Gasteiger partial charge on any atom is 0.300 e. The van der Waals surface area contributed by atoms with Gasteiger partial charge < -0.3 is 10.6 Å². The summed E-state index contributed by atoms with van der Waals surface area (Å²) in [7, 11) is 0. The zero-order valence-electron chi connectivity index (χ0n) is 11.0. The van der Waals surface area contributed by atoms with Crippen LogP contribution in [0.2, 0.25) is 5.15 Å². The number of nitrogens with zero attached hydrogens (tertiary/aromatic N) is 2. The van der Waals surface area contributed by atoms with E-state index in [1.165, 1.54) is 0 Å². The Kier molecular flexibility index (Phi) is 4.69. The molecule has 1 aliphatic rings. The van der Waals surface area contributed by atoms with Crippen LogP contribution < -0.4 is 10.6 Å². The first-order valence-corrected chi connectivity index (χ1v) is 6.75. The minimum atomic E-state index is -0.717. The fraction of sp³-hybridized carbons (Fsp3) is 0.417. The molecule has 0 aliphatic carbocycles. The van der Waals surface area contributed by atoms with E-state index in [9.17, 15) is 19.7 Å². The van der Waals surface area contributed by atoms with E-state index in [0.717, 1.165) is 25.1 Å². The molecule has 0 bridgehead atoms. The van der Waals surface area contributed by atoms with Crippen molar-refractivity contribution < 1.29 is 14.5 Å². The minimum absolute atomic E-state index is 0.0314. The minimum Gasteiger partial charge on any atom is -0.354 e. The number of hydrogen-bond acceptors (Lipinski definition) is 5. The number of hydrogen-bond donors (Lipinski definition) is 2. The van der Waals surface area contributed by atoms with E-state index in [0.29, 0.717) is 13.0 Å². The molecule has 2 rings (SSSR count). The predicted octanol–water partition coefficient (Wildman–Crippen LogP) is 1.04. The summed E-state index contributed by atoms with van der Waals surface area (Å²) in [4.78, 5) is 37.7. The molecule has 0 radical (unpaired) electrons. The molecule has 0 saturated carbocycles. The Bertz CT molecular complexity index is 593. The Morgan fingerprint density at radius 2 is 2.29 bits per heavy atom. The van der Waals surface area contributed by atoms with Gasteiger partial charge in [0.1, 0.15) is 23.0 Å². The van der Waals surface area contributed by atoms with E-state index in [2.05, 4.69) is 15.6 Å². The van der Waals surface area contributed by atoms with Crippen molar-refractivity contribution in [3.8, 4) is 0 Å². The van der Waals surface area contributed by atoms with Crippen LogP contribution in [0.1, 0.15) is 29.6 Å². The van der Waals surface area contributed by atoms with Crippen molar-refractivity contribution in [2.45, 2.75) is 25.3 Å². The van der Waals surface area contributed by atoms with Gasteiger partial charge in [-0.2, -0.15) is 0 Å². The Labute approximate surface area is 125 Å². The van der Waals surface area contributed by atoms with E-state index in [4.69, 9.17) is 11.6 Å². The molecule has 1 fully saturated rings. The van der Waals surface area contributed by atoms with Gasteiger partial charge in [-0.05, 0) is 25.3 Å². The highest BCUT2D eigenvalue weighted by molar-refractivity contribution is 6.29. The summed E-state index contributed by atoms with van der Waals surface area (Å²) in [6.07, 6.45) is 3.02. The van der Waals surface area contributed by atoms with Crippen molar-refractivity contribution in [2.75, 3.05) is 6.54 Å². The van der Waals surface area contributed by atoms with Crippen LogP contribution in [-0.2, 0) is 4.79 Å². The monoisotopic (exact) mass is 312 g/mol. The molecular weight excluding hydrogens is 300 g/mol. The Morgan fingerprint density at radius 1 is 1.52 bits per heavy atom. The average molecular weight is 313 g/mol. The number of rotatable bonds is 3. The molecule has 0 aromatic carbocycles. The van der Waals surface area contributed by atoms with Crippen LogP contribution in [0.4, 0.5) is 5.69 Å². The summed E-state index contributed by atoms with van der Waals surface area (Å²) >= 11 is 5.67. The topological polar surface area (TPSA) is 114 Å². The van der Waals surface area contributed by atoms with E-state index in [-0.39, 0.29) is 16.6 Å². The summed E-state index contributed by atoms with van der Waals surface area (Å²) in [5.41, 5.74) is -0.664. The molecule has 9 heteroatoms. The standard InChI is InChI=1S/C12H13ClN4O4/c13-10-5-7(9(6-15-10)17(20)21)11(18)16-8-3-1-2-4-14-12(8)19/h5-6,8H,1-4H2,(H,14,19)(H,16,18). The highest BCUT2D eigenvalue weighted by Gasteiger charge is 2.27. The number of halogens is 1. The first-order valence-electron chi connectivity index (χ1n) is 6.37. The number of carbonyl (C=O) groups excluding carboxylic acids is 2. The van der Waals surface area contributed by atoms with Gasteiger partial charge in [0.15, 0.2) is 0 Å². The van der Waals surface area contributed by atoms with Crippen LogP contribution >= 0.6 is 11.6 Å². The Balaban J connectivity index is 2.21. The third-order valence-electron chi connectivity index (χ3n) is 3.13. The molecule has 112 valence electrons. The molecule has 0 spiro atoms. The molecule has 1 aromatic heterocycles. The molecule has 8 nitrogen and oxygen atoms in total. The van der Waals surface area contributed by atoms with E-state index in [1.54, 1.807) is 0 Å². The number of aromatic nitrogens is 1. The number of amides is 2. The number of pyridine rings is 1. The van der Waals surface area contributed by atoms with Gasteiger partial charge in [0.05, 0.1) is 4.92 Å². The third kappa shape index (κ3) is 3.66. The second-order valence-electron chi connectivity index (χ2n) is 4.59. The third-order valence-corrected chi connectivity index (χ3v) is 3.34. The SMILES string of the molecule is O=C(NC1CCCCNC1=O)c1cc(Cl)ncc1[N+](=O)[O-]. The second kappa shape index (κ2) is 6.49. The van der Waals surface area contributed by atoms with Crippen molar-refractivity contribution >= 4 is 29.1 Å². The van der Waals surface area contributed by atoms with Gasteiger partial charge in [0.2, 0.25) is 5.91 Å². The van der Waals surface area contributed by atoms with Crippen molar-refractivity contribution in [1.82, 2.24) is 15.6 Å². The average Bonchev–Trinajstić information content (AvgIpc) is 2.63. The molecule has 1 saturated heterocycles. The smallest absolute Gasteiger partial charge is 0.300 e. The predicted molar refractivity (Wildman–Crippen MR) is 74.0 cm³/mol. The maximum absolute atomic E-state index is 12.2. The lowest BCUT2D eigenvalue weighted by molar-refractivity contribution is -0.385. The largest absolute Gasteiger partial charge is 0.354 e. The molecule has 1 unspecified atom stereocenters. The molecule has 2 amide bonds. The number of nitrogens with one attached hydrogen (secondary N) is 2. The van der Waals surface area contributed by atoms with Gasteiger partial charge in [-0.15, -0.1) is 0 Å². The van der Waals surface area contributed by atoms with Crippen molar-refractivity contribution in [3.63, 3.8) is 0 Å². The number of carbonyl (C=O) groups is 2. The number of nitro groups is 1. The zero-order chi connectivity index (χ0) is 15.4. The van der Waals surface area contributed by atoms with Gasteiger partial charge in [-0.3, -0.25) is 19.7 Å². The van der Waals surface area contributed by atoms with Gasteiger partial charge in [-0.25, -0.2) is 4.98 Å². The zero-order valence-corrected chi connectivity index (χ0v) is 11.7. The van der Waals surface area contributed by atoms with E-state index in [1.807, 2.05) is 0 Å². The molecule has 2 heterocycles. The van der Waals surface area contributed by atoms with Gasteiger partial charge in [-0.1, -0.05) is 11.6 Å².